The molecule has 4 rings (SSSR count). The maximum absolute atomic E-state index is 13.0. The second kappa shape index (κ2) is 7.37. The fourth-order valence-electron chi connectivity index (χ4n) is 3.28. The lowest BCUT2D eigenvalue weighted by Crippen LogP contribution is -2.30. The van der Waals surface area contributed by atoms with Gasteiger partial charge in [0, 0.05) is 29.9 Å². The van der Waals surface area contributed by atoms with Gasteiger partial charge in [-0.1, -0.05) is 48.0 Å². The summed E-state index contributed by atoms with van der Waals surface area (Å²) in [6.07, 6.45) is 0.865. The number of carbonyl (C=O) groups is 1. The van der Waals surface area contributed by atoms with Gasteiger partial charge in [0.15, 0.2) is 0 Å². The summed E-state index contributed by atoms with van der Waals surface area (Å²) in [4.78, 5) is 23.6. The van der Waals surface area contributed by atoms with E-state index in [9.17, 15) is 4.79 Å². The first-order valence-corrected chi connectivity index (χ1v) is 9.22. The Morgan fingerprint density at radius 3 is 2.78 bits per heavy atom. The van der Waals surface area contributed by atoms with Crippen LogP contribution in [0.5, 0.6) is 0 Å². The molecule has 2 aromatic carbocycles. The molecule has 6 heteroatoms. The molecule has 0 spiro atoms. The summed E-state index contributed by atoms with van der Waals surface area (Å²) in [5, 5.41) is 3.94. The number of aryl methyl sites for hydroxylation is 1. The van der Waals surface area contributed by atoms with E-state index in [0.29, 0.717) is 35.4 Å². The topological polar surface area (TPSA) is 58.1 Å². The van der Waals surface area contributed by atoms with E-state index in [1.54, 1.807) is 17.9 Å². The lowest BCUT2D eigenvalue weighted by atomic mass is 10.2. The number of para-hydroxylation sites is 1. The Morgan fingerprint density at radius 1 is 1.15 bits per heavy atom. The molecule has 1 aromatic heterocycles. The van der Waals surface area contributed by atoms with Crippen molar-refractivity contribution in [2.24, 2.45) is 0 Å². The third-order valence-corrected chi connectivity index (χ3v) is 4.98. The monoisotopic (exact) mass is 378 g/mol. The lowest BCUT2D eigenvalue weighted by Gasteiger charge is -2.17. The van der Waals surface area contributed by atoms with Gasteiger partial charge in [-0.25, -0.2) is 9.97 Å². The Kier molecular flexibility index (Phi) is 4.77. The molecule has 0 aliphatic carbocycles. The number of carbonyl (C=O) groups excluding carboxylic acids is 1. The van der Waals surface area contributed by atoms with Crippen molar-refractivity contribution in [1.29, 1.82) is 0 Å². The van der Waals surface area contributed by atoms with Gasteiger partial charge in [0.1, 0.15) is 17.3 Å². The highest BCUT2D eigenvalue weighted by Crippen LogP contribution is 2.28. The van der Waals surface area contributed by atoms with Crippen molar-refractivity contribution in [2.45, 2.75) is 19.9 Å². The molecule has 0 atom stereocenters. The third-order valence-electron chi connectivity index (χ3n) is 4.61. The van der Waals surface area contributed by atoms with E-state index in [1.807, 2.05) is 42.5 Å². The Hall–Kier alpha value is -2.92. The van der Waals surface area contributed by atoms with Crippen LogP contribution >= 0.6 is 11.6 Å². The van der Waals surface area contributed by atoms with Gasteiger partial charge in [-0.2, -0.15) is 0 Å². The predicted molar refractivity (Wildman–Crippen MR) is 107 cm³/mol. The summed E-state index contributed by atoms with van der Waals surface area (Å²) in [5.74, 6) is 1.06. The van der Waals surface area contributed by atoms with E-state index < -0.39 is 0 Å². The first kappa shape index (κ1) is 17.5. The Labute approximate surface area is 163 Å². The number of benzene rings is 2. The van der Waals surface area contributed by atoms with Crippen molar-refractivity contribution in [3.63, 3.8) is 0 Å². The maximum atomic E-state index is 13.0. The third kappa shape index (κ3) is 3.64. The van der Waals surface area contributed by atoms with E-state index in [-0.39, 0.29) is 5.91 Å². The van der Waals surface area contributed by atoms with Crippen LogP contribution in [0.4, 0.5) is 11.5 Å². The van der Waals surface area contributed by atoms with Crippen LogP contribution in [0, 0.1) is 6.92 Å². The fourth-order valence-corrected chi connectivity index (χ4v) is 3.49. The minimum atomic E-state index is -0.105. The highest BCUT2D eigenvalue weighted by molar-refractivity contribution is 6.31. The standard InChI is InChI=1S/C21H19ClN4O/c1-14-24-18(21(27)26-11-10-15-6-3-5-9-19(15)26)12-20(25-14)23-13-16-7-2-4-8-17(16)22/h2-9,12H,10-11,13H2,1H3,(H,23,24,25). The number of hydrogen-bond acceptors (Lipinski definition) is 4. The number of aromatic nitrogens is 2. The molecular formula is C21H19ClN4O. The second-order valence-electron chi connectivity index (χ2n) is 6.47. The number of nitrogens with one attached hydrogen (secondary N) is 1. The van der Waals surface area contributed by atoms with Gasteiger partial charge < -0.3 is 10.2 Å². The predicted octanol–water partition coefficient (Wildman–Crippen LogP) is 4.25. The average Bonchev–Trinajstić information content (AvgIpc) is 3.10. The molecule has 1 aliphatic heterocycles. The van der Waals surface area contributed by atoms with Crippen molar-refractivity contribution in [3.05, 3.63) is 82.3 Å². The van der Waals surface area contributed by atoms with Gasteiger partial charge in [-0.15, -0.1) is 0 Å². The fraction of sp³-hybridized carbons (Fsp3) is 0.190. The smallest absolute Gasteiger partial charge is 0.277 e. The molecule has 1 N–H and O–H groups in total. The summed E-state index contributed by atoms with van der Waals surface area (Å²) in [7, 11) is 0. The van der Waals surface area contributed by atoms with Crippen LogP contribution in [0.2, 0.25) is 5.02 Å². The number of nitrogens with zero attached hydrogens (tertiary/aromatic N) is 3. The van der Waals surface area contributed by atoms with Gasteiger partial charge in [0.25, 0.3) is 5.91 Å². The van der Waals surface area contributed by atoms with Crippen molar-refractivity contribution in [2.75, 3.05) is 16.8 Å². The summed E-state index contributed by atoms with van der Waals surface area (Å²) in [5.41, 5.74) is 3.51. The maximum Gasteiger partial charge on any atom is 0.277 e. The Bertz CT molecular complexity index is 1000. The summed E-state index contributed by atoms with van der Waals surface area (Å²) >= 11 is 6.20. The van der Waals surface area contributed by atoms with Crippen LogP contribution in [-0.4, -0.2) is 22.4 Å². The largest absolute Gasteiger partial charge is 0.366 e. The SMILES string of the molecule is Cc1nc(NCc2ccccc2Cl)cc(C(=O)N2CCc3ccccc32)n1. The van der Waals surface area contributed by atoms with E-state index in [0.717, 1.165) is 17.7 Å². The van der Waals surface area contributed by atoms with Crippen LogP contribution in [0.1, 0.15) is 27.4 Å². The molecule has 1 amide bonds. The van der Waals surface area contributed by atoms with Gasteiger partial charge >= 0.3 is 0 Å². The van der Waals surface area contributed by atoms with E-state index in [2.05, 4.69) is 21.4 Å². The number of fused-ring (bicyclic) bond motifs is 1. The molecule has 5 nitrogen and oxygen atoms in total. The Balaban J connectivity index is 1.56. The van der Waals surface area contributed by atoms with Gasteiger partial charge in [0.05, 0.1) is 0 Å². The van der Waals surface area contributed by atoms with Crippen LogP contribution in [0.25, 0.3) is 0 Å². The first-order valence-electron chi connectivity index (χ1n) is 8.84. The minimum absolute atomic E-state index is 0.105. The number of rotatable bonds is 4. The first-order chi connectivity index (χ1) is 13.1. The molecule has 0 saturated heterocycles. The van der Waals surface area contributed by atoms with Crippen LogP contribution in [0.3, 0.4) is 0 Å². The average molecular weight is 379 g/mol. The van der Waals surface area contributed by atoms with Crippen LogP contribution in [0.15, 0.2) is 54.6 Å². The highest BCUT2D eigenvalue weighted by Gasteiger charge is 2.26. The molecule has 0 fully saturated rings. The molecule has 1 aliphatic rings. The van der Waals surface area contributed by atoms with Gasteiger partial charge in [-0.05, 0) is 36.6 Å². The molecule has 3 aromatic rings. The number of hydrogen-bond donors (Lipinski definition) is 1. The van der Waals surface area contributed by atoms with E-state index >= 15 is 0 Å². The van der Waals surface area contributed by atoms with Crippen LogP contribution in [-0.2, 0) is 13.0 Å². The minimum Gasteiger partial charge on any atom is -0.366 e. The molecule has 136 valence electrons. The van der Waals surface area contributed by atoms with Gasteiger partial charge in [-0.3, -0.25) is 4.79 Å². The summed E-state index contributed by atoms with van der Waals surface area (Å²) in [6, 6.07) is 17.3. The highest BCUT2D eigenvalue weighted by atomic mass is 35.5. The molecule has 0 saturated carbocycles. The number of amides is 1. The van der Waals surface area contributed by atoms with E-state index in [4.69, 9.17) is 11.6 Å². The molecule has 0 unspecified atom stereocenters. The van der Waals surface area contributed by atoms with Gasteiger partial charge in [0.2, 0.25) is 0 Å². The quantitative estimate of drug-likeness (QED) is 0.737. The second-order valence-corrected chi connectivity index (χ2v) is 6.87. The van der Waals surface area contributed by atoms with Crippen LogP contribution < -0.4 is 10.2 Å². The van der Waals surface area contributed by atoms with Crippen molar-refractivity contribution < 1.29 is 4.79 Å². The summed E-state index contributed by atoms with van der Waals surface area (Å²) < 4.78 is 0. The zero-order valence-electron chi connectivity index (χ0n) is 14.9. The Morgan fingerprint density at radius 2 is 1.93 bits per heavy atom. The van der Waals surface area contributed by atoms with Crippen molar-refractivity contribution in [3.8, 4) is 0 Å². The molecule has 27 heavy (non-hydrogen) atoms. The number of anilines is 2. The van der Waals surface area contributed by atoms with E-state index in [1.165, 1.54) is 5.56 Å². The normalized spacial score (nSPS) is 12.7. The molecular weight excluding hydrogens is 360 g/mol. The lowest BCUT2D eigenvalue weighted by molar-refractivity contribution is 0.0984. The summed E-state index contributed by atoms with van der Waals surface area (Å²) in [6.45, 7) is 2.98. The molecule has 0 bridgehead atoms. The van der Waals surface area contributed by atoms with Crippen molar-refractivity contribution >= 4 is 29.0 Å². The number of halogens is 1. The molecule has 0 radical (unpaired) electrons. The molecule has 2 heterocycles. The van der Waals surface area contributed by atoms with Crippen molar-refractivity contribution in [1.82, 2.24) is 9.97 Å². The zero-order valence-corrected chi connectivity index (χ0v) is 15.7. The zero-order chi connectivity index (χ0) is 18.8.